The van der Waals surface area contributed by atoms with Crippen LogP contribution in [0.2, 0.25) is 0 Å². The third-order valence-corrected chi connectivity index (χ3v) is 9.70. The summed E-state index contributed by atoms with van der Waals surface area (Å²) in [6.45, 7) is 0.629. The van der Waals surface area contributed by atoms with Crippen LogP contribution >= 0.6 is 31.0 Å². The first-order valence-corrected chi connectivity index (χ1v) is 13.9. The van der Waals surface area contributed by atoms with Crippen LogP contribution in [0.4, 0.5) is 36.4 Å². The molecule has 4 N–H and O–H groups in total. The van der Waals surface area contributed by atoms with E-state index in [0.717, 1.165) is 12.1 Å². The van der Waals surface area contributed by atoms with Gasteiger partial charge < -0.3 is 0 Å². The van der Waals surface area contributed by atoms with Gasteiger partial charge in [-0.25, -0.2) is 0 Å². The molecule has 0 spiro atoms. The van der Waals surface area contributed by atoms with Crippen molar-refractivity contribution in [1.82, 2.24) is 5.32 Å². The van der Waals surface area contributed by atoms with Gasteiger partial charge in [0.2, 0.25) is 0 Å². The van der Waals surface area contributed by atoms with Crippen LogP contribution in [0.1, 0.15) is 11.1 Å². The quantitative estimate of drug-likeness (QED) is 0.142. The molecule has 3 rings (SSSR count). The van der Waals surface area contributed by atoms with Crippen molar-refractivity contribution < 1.29 is 42.9 Å². The number of anilines is 1. The van der Waals surface area contributed by atoms with Crippen LogP contribution in [0.15, 0.2) is 41.3 Å². The maximum atomic E-state index is 13.8. The number of benzene rings is 2. The minimum absolute atomic E-state index is 0.189. The molecule has 0 bridgehead atoms. The molecule has 1 aliphatic heterocycles. The van der Waals surface area contributed by atoms with Crippen molar-refractivity contribution in [3.05, 3.63) is 53.3 Å². The Morgan fingerprint density at radius 3 is 2.16 bits per heavy atom. The van der Waals surface area contributed by atoms with E-state index in [1.54, 1.807) is 0 Å². The number of hydrogen-bond donors (Lipinski definition) is 4. The van der Waals surface area contributed by atoms with Crippen LogP contribution in [0.5, 0.6) is 5.75 Å². The second kappa shape index (κ2) is 8.80. The predicted molar refractivity (Wildman–Crippen MR) is 110 cm³/mol. The average molecular weight is 588 g/mol. The summed E-state index contributed by atoms with van der Waals surface area (Å²) in [7, 11) is -4.08. The van der Waals surface area contributed by atoms with Crippen molar-refractivity contribution in [1.29, 1.82) is 0 Å². The Morgan fingerprint density at radius 1 is 0.968 bits per heavy atom. The molecule has 0 aromatic heterocycles. The van der Waals surface area contributed by atoms with Crippen LogP contribution in [0.25, 0.3) is 0 Å². The van der Waals surface area contributed by atoms with Crippen molar-refractivity contribution in [2.24, 2.45) is 0 Å². The normalized spacial score (nSPS) is 17.0. The monoisotopic (exact) mass is 588 g/mol. The van der Waals surface area contributed by atoms with Crippen molar-refractivity contribution in [2.75, 3.05) is 20.2 Å². The zero-order valence-corrected chi connectivity index (χ0v) is 18.3. The van der Waals surface area contributed by atoms with Gasteiger partial charge in [0.1, 0.15) is 0 Å². The minimum atomic E-state index is -4.97. The molecule has 14 heteroatoms. The molecule has 0 saturated carbocycles. The number of nitrogens with one attached hydrogen (secondary N) is 2. The Morgan fingerprint density at radius 2 is 1.61 bits per heavy atom. The molecule has 0 aliphatic carbocycles. The molecule has 2 aromatic carbocycles. The van der Waals surface area contributed by atoms with Gasteiger partial charge in [-0.05, 0) is 0 Å². The summed E-state index contributed by atoms with van der Waals surface area (Å²) in [6.07, 6.45) is -9.69. The first-order chi connectivity index (χ1) is 14.3. The SMILES string of the molecule is OS(O)(Nc1ccc(C(F)(F)F)c(OI2CCNC2)c1)c1ccc(C(F)(F)F)c(F)c1. The molecule has 0 radical (unpaired) electrons. The van der Waals surface area contributed by atoms with E-state index in [4.69, 9.17) is 3.07 Å². The van der Waals surface area contributed by atoms with E-state index < -0.39 is 71.0 Å². The van der Waals surface area contributed by atoms with E-state index in [1.807, 2.05) is 0 Å². The van der Waals surface area contributed by atoms with Gasteiger partial charge in [0.25, 0.3) is 0 Å². The summed E-state index contributed by atoms with van der Waals surface area (Å²) in [6, 6.07) is 3.88. The van der Waals surface area contributed by atoms with Crippen molar-refractivity contribution in [3.8, 4) is 5.75 Å². The molecule has 1 saturated heterocycles. The third-order valence-electron chi connectivity index (χ3n) is 4.04. The summed E-state index contributed by atoms with van der Waals surface area (Å²) in [5.41, 5.74) is -2.82. The zero-order valence-electron chi connectivity index (χ0n) is 15.3. The van der Waals surface area contributed by atoms with E-state index in [2.05, 4.69) is 10.0 Å². The zero-order chi connectivity index (χ0) is 23.0. The van der Waals surface area contributed by atoms with E-state index in [0.29, 0.717) is 39.8 Å². The van der Waals surface area contributed by atoms with E-state index in [9.17, 15) is 39.8 Å². The topological polar surface area (TPSA) is 73.8 Å². The predicted octanol–water partition coefficient (Wildman–Crippen LogP) is 6.36. The van der Waals surface area contributed by atoms with Gasteiger partial charge in [0.05, 0.1) is 0 Å². The van der Waals surface area contributed by atoms with Crippen LogP contribution in [-0.4, -0.2) is 24.6 Å². The number of alkyl halides is 8. The van der Waals surface area contributed by atoms with E-state index >= 15 is 0 Å². The average Bonchev–Trinajstić information content (AvgIpc) is 3.12. The number of hydrogen-bond acceptors (Lipinski definition) is 5. The van der Waals surface area contributed by atoms with Crippen LogP contribution in [-0.2, 0) is 12.4 Å². The first-order valence-electron chi connectivity index (χ1n) is 8.42. The molecular formula is C17H16F7IN2O3S. The molecule has 0 unspecified atom stereocenters. The molecule has 0 atom stereocenters. The van der Waals surface area contributed by atoms with Gasteiger partial charge in [-0.3, -0.25) is 0 Å². The molecular weight excluding hydrogens is 572 g/mol. The van der Waals surface area contributed by atoms with Crippen LogP contribution in [0, 0.1) is 5.82 Å². The molecule has 2 aromatic rings. The first kappa shape index (κ1) is 24.2. The van der Waals surface area contributed by atoms with Crippen molar-refractivity contribution in [2.45, 2.75) is 17.2 Å². The third kappa shape index (κ3) is 5.85. The molecule has 1 aliphatic rings. The second-order valence-electron chi connectivity index (χ2n) is 6.31. The second-order valence-corrected chi connectivity index (χ2v) is 12.7. The van der Waals surface area contributed by atoms with Gasteiger partial charge in [0, 0.05) is 0 Å². The fourth-order valence-corrected chi connectivity index (χ4v) is 7.46. The van der Waals surface area contributed by atoms with Gasteiger partial charge in [-0.2, -0.15) is 0 Å². The van der Waals surface area contributed by atoms with E-state index in [1.165, 1.54) is 0 Å². The van der Waals surface area contributed by atoms with Gasteiger partial charge in [0.15, 0.2) is 0 Å². The summed E-state index contributed by atoms with van der Waals surface area (Å²) in [5, 5.41) is 3.00. The van der Waals surface area contributed by atoms with Gasteiger partial charge in [-0.1, -0.05) is 0 Å². The molecule has 1 heterocycles. The van der Waals surface area contributed by atoms with Crippen LogP contribution < -0.4 is 13.1 Å². The summed E-state index contributed by atoms with van der Waals surface area (Å²) in [5.74, 6) is -2.20. The Balaban J connectivity index is 1.89. The summed E-state index contributed by atoms with van der Waals surface area (Å²) >= 11 is -2.17. The standard InChI is InChI=1S/C17H16F7IN2O3S/c18-14-8-11(2-4-12(14)16(19,20)21)31(28,29)27-10-1-3-13(17(22,23)24)15(7-10)30-25-5-6-26-9-25/h1-4,7-8,26-29H,5-6,9H2. The summed E-state index contributed by atoms with van der Waals surface area (Å²) < 4.78 is 121. The molecule has 1 fully saturated rings. The maximum absolute atomic E-state index is 13.8. The molecule has 31 heavy (non-hydrogen) atoms. The van der Waals surface area contributed by atoms with Gasteiger partial charge >= 0.3 is 182 Å². The van der Waals surface area contributed by atoms with Crippen molar-refractivity contribution >= 4 is 36.7 Å². The van der Waals surface area contributed by atoms with E-state index in [-0.39, 0.29) is 5.69 Å². The molecule has 0 amide bonds. The Hall–Kier alpha value is -1.49. The molecule has 5 nitrogen and oxygen atoms in total. The number of halogens is 8. The fourth-order valence-electron chi connectivity index (χ4n) is 2.60. The van der Waals surface area contributed by atoms with Gasteiger partial charge in [-0.15, -0.1) is 0 Å². The fraction of sp³-hybridized carbons (Fsp3) is 0.294. The Bertz CT molecular complexity index is 950. The van der Waals surface area contributed by atoms with Crippen molar-refractivity contribution in [3.63, 3.8) is 0 Å². The Kier molecular flexibility index (Phi) is 6.86. The molecule has 174 valence electrons. The number of rotatable bonds is 5. The summed E-state index contributed by atoms with van der Waals surface area (Å²) in [4.78, 5) is -0.601. The van der Waals surface area contributed by atoms with Crippen LogP contribution in [0.3, 0.4) is 0 Å². The Labute approximate surface area is 181 Å².